The fourth-order valence-electron chi connectivity index (χ4n) is 1.10. The van der Waals surface area contributed by atoms with Crippen molar-refractivity contribution in [3.8, 4) is 5.75 Å². The lowest BCUT2D eigenvalue weighted by Gasteiger charge is -2.06. The molecule has 4 nitrogen and oxygen atoms in total. The molecular formula is C10H7F2N3OS. The van der Waals surface area contributed by atoms with E-state index < -0.39 is 17.4 Å². The van der Waals surface area contributed by atoms with Gasteiger partial charge in [0.25, 0.3) is 0 Å². The third-order valence-electron chi connectivity index (χ3n) is 1.82. The molecule has 0 aliphatic rings. The van der Waals surface area contributed by atoms with E-state index in [0.717, 1.165) is 24.1 Å². The molecule has 0 saturated carbocycles. The third kappa shape index (κ3) is 2.82. The van der Waals surface area contributed by atoms with E-state index in [1.165, 1.54) is 12.5 Å². The molecule has 2 aromatic rings. The number of rotatable bonds is 3. The van der Waals surface area contributed by atoms with Gasteiger partial charge in [0.15, 0.2) is 0 Å². The normalized spacial score (nSPS) is 10.2. The lowest BCUT2D eigenvalue weighted by atomic mass is 10.3. The van der Waals surface area contributed by atoms with Crippen LogP contribution in [0.3, 0.4) is 0 Å². The second-order valence-corrected chi connectivity index (χ2v) is 3.85. The van der Waals surface area contributed by atoms with E-state index in [9.17, 15) is 8.78 Å². The fourth-order valence-corrected chi connectivity index (χ4v) is 1.74. The van der Waals surface area contributed by atoms with Crippen molar-refractivity contribution in [2.45, 2.75) is 4.90 Å². The maximum absolute atomic E-state index is 13.3. The summed E-state index contributed by atoms with van der Waals surface area (Å²) in [6, 6.07) is 3.24. The van der Waals surface area contributed by atoms with Crippen molar-refractivity contribution >= 4 is 17.8 Å². The summed E-state index contributed by atoms with van der Waals surface area (Å²) in [4.78, 5) is 7.30. The molecular weight excluding hydrogens is 248 g/mol. The molecule has 2 N–H and O–H groups in total. The molecule has 1 aromatic carbocycles. The molecule has 17 heavy (non-hydrogen) atoms. The SMILES string of the molecule is Oc1cc(F)c(SNc2ccncn2)c(F)c1. The summed E-state index contributed by atoms with van der Waals surface area (Å²) >= 11 is 0.734. The summed E-state index contributed by atoms with van der Waals surface area (Å²) in [5.41, 5.74) is 0. The maximum Gasteiger partial charge on any atom is 0.145 e. The number of nitrogens with zero attached hydrogens (tertiary/aromatic N) is 2. The molecule has 0 fully saturated rings. The zero-order chi connectivity index (χ0) is 12.3. The predicted octanol–water partition coefficient (Wildman–Crippen LogP) is 2.58. The largest absolute Gasteiger partial charge is 0.508 e. The summed E-state index contributed by atoms with van der Waals surface area (Å²) in [5, 5.41) is 8.97. The highest BCUT2D eigenvalue weighted by molar-refractivity contribution is 8.00. The molecule has 7 heteroatoms. The summed E-state index contributed by atoms with van der Waals surface area (Å²) in [6.45, 7) is 0. The zero-order valence-corrected chi connectivity index (χ0v) is 9.21. The summed E-state index contributed by atoms with van der Waals surface area (Å²) in [5.74, 6) is -1.70. The summed E-state index contributed by atoms with van der Waals surface area (Å²) < 4.78 is 29.3. The van der Waals surface area contributed by atoms with Gasteiger partial charge in [0.05, 0.1) is 0 Å². The molecule has 2 rings (SSSR count). The van der Waals surface area contributed by atoms with Gasteiger partial charge in [0, 0.05) is 18.3 Å². The zero-order valence-electron chi connectivity index (χ0n) is 8.39. The lowest BCUT2D eigenvalue weighted by Crippen LogP contribution is -1.94. The monoisotopic (exact) mass is 255 g/mol. The highest BCUT2D eigenvalue weighted by Crippen LogP contribution is 2.28. The Morgan fingerprint density at radius 2 is 1.94 bits per heavy atom. The third-order valence-corrected chi connectivity index (χ3v) is 2.73. The summed E-state index contributed by atoms with van der Waals surface area (Å²) in [6.07, 6.45) is 2.81. The number of hydrogen-bond donors (Lipinski definition) is 2. The number of hydrogen-bond acceptors (Lipinski definition) is 5. The van der Waals surface area contributed by atoms with Crippen LogP contribution in [0.2, 0.25) is 0 Å². The van der Waals surface area contributed by atoms with Crippen LogP contribution in [0.25, 0.3) is 0 Å². The number of nitrogens with one attached hydrogen (secondary N) is 1. The number of phenolic OH excluding ortho intramolecular Hbond substituents is 1. The molecule has 0 aliphatic carbocycles. The molecule has 0 amide bonds. The lowest BCUT2D eigenvalue weighted by molar-refractivity contribution is 0.452. The highest BCUT2D eigenvalue weighted by atomic mass is 32.2. The van der Waals surface area contributed by atoms with Gasteiger partial charge < -0.3 is 9.83 Å². The minimum absolute atomic E-state index is 0.235. The molecule has 1 aromatic heterocycles. The Kier molecular flexibility index (Phi) is 3.38. The van der Waals surface area contributed by atoms with Gasteiger partial charge in [-0.1, -0.05) is 0 Å². The van der Waals surface area contributed by atoms with Gasteiger partial charge in [-0.05, 0) is 18.0 Å². The van der Waals surface area contributed by atoms with Crippen molar-refractivity contribution in [2.24, 2.45) is 0 Å². The number of aromatic nitrogens is 2. The number of benzene rings is 1. The van der Waals surface area contributed by atoms with E-state index >= 15 is 0 Å². The molecule has 1 heterocycles. The first-order valence-corrected chi connectivity index (χ1v) is 5.35. The van der Waals surface area contributed by atoms with Gasteiger partial charge in [0.1, 0.15) is 34.4 Å². The van der Waals surface area contributed by atoms with Gasteiger partial charge >= 0.3 is 0 Å². The number of aromatic hydroxyl groups is 1. The van der Waals surface area contributed by atoms with Crippen LogP contribution in [0.5, 0.6) is 5.75 Å². The van der Waals surface area contributed by atoms with Crippen LogP contribution >= 0.6 is 11.9 Å². The first kappa shape index (κ1) is 11.6. The molecule has 0 radical (unpaired) electrons. The van der Waals surface area contributed by atoms with Crippen molar-refractivity contribution in [2.75, 3.05) is 4.72 Å². The average Bonchev–Trinajstić information content (AvgIpc) is 2.29. The second-order valence-electron chi connectivity index (χ2n) is 3.04. The van der Waals surface area contributed by atoms with E-state index in [0.29, 0.717) is 5.82 Å². The van der Waals surface area contributed by atoms with Crippen LogP contribution in [-0.4, -0.2) is 15.1 Å². The van der Waals surface area contributed by atoms with Crippen LogP contribution in [0, 0.1) is 11.6 Å². The predicted molar refractivity (Wildman–Crippen MR) is 59.5 cm³/mol. The average molecular weight is 255 g/mol. The van der Waals surface area contributed by atoms with Crippen molar-refractivity contribution in [1.82, 2.24) is 9.97 Å². The Bertz CT molecular complexity index is 501. The molecule has 0 spiro atoms. The molecule has 0 atom stereocenters. The van der Waals surface area contributed by atoms with Crippen molar-refractivity contribution in [3.05, 3.63) is 42.4 Å². The first-order valence-electron chi connectivity index (χ1n) is 4.53. The minimum atomic E-state index is -0.839. The quantitative estimate of drug-likeness (QED) is 0.825. The molecule has 0 bridgehead atoms. The Morgan fingerprint density at radius 1 is 1.24 bits per heavy atom. The van der Waals surface area contributed by atoms with Crippen LogP contribution in [0.15, 0.2) is 35.6 Å². The van der Waals surface area contributed by atoms with E-state index in [2.05, 4.69) is 14.7 Å². The Labute approximate surface area is 99.9 Å². The Hall–Kier alpha value is -1.89. The fraction of sp³-hybridized carbons (Fsp3) is 0. The number of anilines is 1. The molecule has 0 saturated heterocycles. The number of halogens is 2. The maximum atomic E-state index is 13.3. The van der Waals surface area contributed by atoms with E-state index in [1.54, 1.807) is 6.07 Å². The van der Waals surface area contributed by atoms with E-state index in [4.69, 9.17) is 5.11 Å². The van der Waals surface area contributed by atoms with Gasteiger partial charge in [-0.25, -0.2) is 18.7 Å². The van der Waals surface area contributed by atoms with E-state index in [-0.39, 0.29) is 4.90 Å². The molecule has 88 valence electrons. The van der Waals surface area contributed by atoms with Gasteiger partial charge in [-0.2, -0.15) is 0 Å². The van der Waals surface area contributed by atoms with Crippen molar-refractivity contribution in [1.29, 1.82) is 0 Å². The van der Waals surface area contributed by atoms with E-state index in [1.807, 2.05) is 0 Å². The smallest absolute Gasteiger partial charge is 0.145 e. The van der Waals surface area contributed by atoms with Crippen LogP contribution < -0.4 is 4.72 Å². The van der Waals surface area contributed by atoms with Gasteiger partial charge in [-0.15, -0.1) is 0 Å². The van der Waals surface area contributed by atoms with Crippen LogP contribution in [-0.2, 0) is 0 Å². The minimum Gasteiger partial charge on any atom is -0.508 e. The number of phenols is 1. The van der Waals surface area contributed by atoms with Crippen molar-refractivity contribution < 1.29 is 13.9 Å². The molecule has 0 unspecified atom stereocenters. The Balaban J connectivity index is 2.15. The standard InChI is InChI=1S/C10H7F2N3OS/c11-7-3-6(16)4-8(12)10(7)17-15-9-1-2-13-5-14-9/h1-5,16H,(H,13,14,15). The molecule has 0 aliphatic heterocycles. The van der Waals surface area contributed by atoms with Gasteiger partial charge in [-0.3, -0.25) is 0 Å². The van der Waals surface area contributed by atoms with Crippen LogP contribution in [0.1, 0.15) is 0 Å². The van der Waals surface area contributed by atoms with Crippen LogP contribution in [0.4, 0.5) is 14.6 Å². The highest BCUT2D eigenvalue weighted by Gasteiger charge is 2.12. The first-order chi connectivity index (χ1) is 8.16. The topological polar surface area (TPSA) is 58.0 Å². The second kappa shape index (κ2) is 4.96. The van der Waals surface area contributed by atoms with Crippen molar-refractivity contribution in [3.63, 3.8) is 0 Å². The Morgan fingerprint density at radius 3 is 2.53 bits per heavy atom. The summed E-state index contributed by atoms with van der Waals surface area (Å²) in [7, 11) is 0. The van der Waals surface area contributed by atoms with Gasteiger partial charge in [0.2, 0.25) is 0 Å².